The Bertz CT molecular complexity index is 590. The van der Waals surface area contributed by atoms with Crippen LogP contribution >= 0.6 is 11.6 Å². The van der Waals surface area contributed by atoms with E-state index >= 15 is 0 Å². The summed E-state index contributed by atoms with van der Waals surface area (Å²) < 4.78 is 15.8. The lowest BCUT2D eigenvalue weighted by molar-refractivity contribution is 0.272. The van der Waals surface area contributed by atoms with Crippen molar-refractivity contribution in [1.29, 1.82) is 0 Å². The maximum absolute atomic E-state index is 5.90. The quantitative estimate of drug-likeness (QED) is 0.853. The molecule has 2 aromatic rings. The van der Waals surface area contributed by atoms with Crippen molar-refractivity contribution in [3.8, 4) is 17.4 Å². The molecule has 0 amide bonds. The molecule has 2 N–H and O–H groups in total. The number of nitrogen functional groups attached to an aromatic ring is 1. The van der Waals surface area contributed by atoms with Crippen LogP contribution in [0.4, 0.5) is 5.95 Å². The molecule has 20 heavy (non-hydrogen) atoms. The van der Waals surface area contributed by atoms with E-state index in [0.717, 1.165) is 11.3 Å². The van der Waals surface area contributed by atoms with Gasteiger partial charge in [-0.1, -0.05) is 23.7 Å². The zero-order valence-electron chi connectivity index (χ0n) is 11.1. The summed E-state index contributed by atoms with van der Waals surface area (Å²) in [5, 5.41) is 0.115. The molecule has 7 heteroatoms. The molecule has 0 unspecified atom stereocenters. The molecule has 0 aliphatic carbocycles. The van der Waals surface area contributed by atoms with E-state index in [0.29, 0.717) is 6.61 Å². The highest BCUT2D eigenvalue weighted by molar-refractivity contribution is 6.31. The Kier molecular flexibility index (Phi) is 4.47. The van der Waals surface area contributed by atoms with Gasteiger partial charge in [0.2, 0.25) is 11.7 Å². The fraction of sp³-hybridized carbons (Fsp3) is 0.231. The van der Waals surface area contributed by atoms with E-state index in [9.17, 15) is 0 Å². The van der Waals surface area contributed by atoms with E-state index in [1.54, 1.807) is 7.11 Å². The Morgan fingerprint density at radius 1 is 1.10 bits per heavy atom. The highest BCUT2D eigenvalue weighted by Crippen LogP contribution is 2.32. The number of halogens is 1. The first-order valence-corrected chi connectivity index (χ1v) is 6.14. The summed E-state index contributed by atoms with van der Waals surface area (Å²) in [5.41, 5.74) is 6.48. The molecule has 0 aliphatic rings. The second-order valence-corrected chi connectivity index (χ2v) is 4.21. The van der Waals surface area contributed by atoms with Gasteiger partial charge in [-0.2, -0.15) is 9.97 Å². The van der Waals surface area contributed by atoms with Crippen LogP contribution in [0.1, 0.15) is 5.56 Å². The zero-order valence-corrected chi connectivity index (χ0v) is 11.8. The van der Waals surface area contributed by atoms with Crippen molar-refractivity contribution in [2.45, 2.75) is 6.61 Å². The van der Waals surface area contributed by atoms with Crippen LogP contribution in [0.15, 0.2) is 24.3 Å². The van der Waals surface area contributed by atoms with E-state index < -0.39 is 0 Å². The Balaban J connectivity index is 2.13. The van der Waals surface area contributed by atoms with Crippen molar-refractivity contribution >= 4 is 17.5 Å². The lowest BCUT2D eigenvalue weighted by Crippen LogP contribution is -2.04. The molecule has 0 bridgehead atoms. The van der Waals surface area contributed by atoms with Crippen molar-refractivity contribution in [2.75, 3.05) is 20.0 Å². The van der Waals surface area contributed by atoms with Gasteiger partial charge in [0.15, 0.2) is 5.15 Å². The number of nitrogens with two attached hydrogens (primary N) is 1. The minimum absolute atomic E-state index is 0.0283. The number of nitrogens with zero attached hydrogens (tertiary/aromatic N) is 2. The summed E-state index contributed by atoms with van der Waals surface area (Å²) in [6, 6.07) is 7.46. The van der Waals surface area contributed by atoms with Crippen LogP contribution in [0, 0.1) is 0 Å². The summed E-state index contributed by atoms with van der Waals surface area (Å²) in [7, 11) is 3.07. The van der Waals surface area contributed by atoms with Gasteiger partial charge in [0.05, 0.1) is 14.2 Å². The van der Waals surface area contributed by atoms with Gasteiger partial charge in [0, 0.05) is 0 Å². The third-order valence-electron chi connectivity index (χ3n) is 2.55. The Morgan fingerprint density at radius 3 is 2.40 bits per heavy atom. The number of methoxy groups -OCH3 is 2. The highest BCUT2D eigenvalue weighted by atomic mass is 35.5. The first-order valence-electron chi connectivity index (χ1n) is 5.76. The third-order valence-corrected chi connectivity index (χ3v) is 2.81. The number of hydrogen-bond acceptors (Lipinski definition) is 6. The van der Waals surface area contributed by atoms with Gasteiger partial charge >= 0.3 is 0 Å². The number of aromatic nitrogens is 2. The van der Waals surface area contributed by atoms with Gasteiger partial charge in [-0.05, 0) is 17.7 Å². The second kappa shape index (κ2) is 6.29. The lowest BCUT2D eigenvalue weighted by Gasteiger charge is -2.11. The second-order valence-electron chi connectivity index (χ2n) is 3.85. The van der Waals surface area contributed by atoms with Gasteiger partial charge in [-0.25, -0.2) is 0 Å². The monoisotopic (exact) mass is 295 g/mol. The third kappa shape index (κ3) is 3.21. The summed E-state index contributed by atoms with van der Waals surface area (Å²) in [6.45, 7) is 0.299. The van der Waals surface area contributed by atoms with Crippen molar-refractivity contribution in [2.24, 2.45) is 0 Å². The van der Waals surface area contributed by atoms with Gasteiger partial charge in [-0.15, -0.1) is 0 Å². The molecule has 0 saturated heterocycles. The number of ether oxygens (including phenoxy) is 3. The van der Waals surface area contributed by atoms with Crippen LogP contribution in [0.3, 0.4) is 0 Å². The molecule has 1 aromatic heterocycles. The first kappa shape index (κ1) is 14.2. The van der Waals surface area contributed by atoms with Crippen molar-refractivity contribution in [3.05, 3.63) is 35.0 Å². The maximum atomic E-state index is 5.90. The standard InChI is InChI=1S/C13H14ClN3O3/c1-18-9-5-3-8(4-6-9)7-20-12-10(19-2)11(14)16-13(15)17-12/h3-6H,7H2,1-2H3,(H2,15,16,17). The summed E-state index contributed by atoms with van der Waals surface area (Å²) in [5.74, 6) is 1.27. The molecule has 2 rings (SSSR count). The average Bonchev–Trinajstić information content (AvgIpc) is 2.45. The summed E-state index contributed by atoms with van der Waals surface area (Å²) >= 11 is 5.90. The SMILES string of the molecule is COc1ccc(COc2nc(N)nc(Cl)c2OC)cc1. The largest absolute Gasteiger partial charge is 0.497 e. The van der Waals surface area contributed by atoms with E-state index in [1.165, 1.54) is 7.11 Å². The maximum Gasteiger partial charge on any atom is 0.264 e. The molecule has 0 saturated carbocycles. The van der Waals surface area contributed by atoms with Crippen LogP contribution in [-0.4, -0.2) is 24.2 Å². The number of benzene rings is 1. The molecule has 0 spiro atoms. The van der Waals surface area contributed by atoms with E-state index in [2.05, 4.69) is 9.97 Å². The molecule has 1 aromatic carbocycles. The molecule has 1 heterocycles. The lowest BCUT2D eigenvalue weighted by atomic mass is 10.2. The van der Waals surface area contributed by atoms with Crippen LogP contribution in [0.5, 0.6) is 17.4 Å². The summed E-state index contributed by atoms with van der Waals surface area (Å²) in [6.07, 6.45) is 0. The molecule has 0 atom stereocenters. The van der Waals surface area contributed by atoms with Gasteiger partial charge in [-0.3, -0.25) is 0 Å². The number of anilines is 1. The van der Waals surface area contributed by atoms with Crippen LogP contribution < -0.4 is 19.9 Å². The minimum Gasteiger partial charge on any atom is -0.497 e. The molecular formula is C13H14ClN3O3. The smallest absolute Gasteiger partial charge is 0.264 e. The topological polar surface area (TPSA) is 79.5 Å². The zero-order chi connectivity index (χ0) is 14.5. The minimum atomic E-state index is 0.0283. The predicted octanol–water partition coefficient (Wildman–Crippen LogP) is 2.31. The predicted molar refractivity (Wildman–Crippen MR) is 75.3 cm³/mol. The van der Waals surface area contributed by atoms with E-state index in [4.69, 9.17) is 31.5 Å². The highest BCUT2D eigenvalue weighted by Gasteiger charge is 2.14. The van der Waals surface area contributed by atoms with Crippen molar-refractivity contribution in [3.63, 3.8) is 0 Å². The fourth-order valence-corrected chi connectivity index (χ4v) is 1.81. The van der Waals surface area contributed by atoms with Crippen molar-refractivity contribution < 1.29 is 14.2 Å². The van der Waals surface area contributed by atoms with Crippen LogP contribution in [-0.2, 0) is 6.61 Å². The average molecular weight is 296 g/mol. The Labute approximate surface area is 121 Å². The van der Waals surface area contributed by atoms with Crippen molar-refractivity contribution in [1.82, 2.24) is 9.97 Å². The molecule has 6 nitrogen and oxygen atoms in total. The van der Waals surface area contributed by atoms with Crippen LogP contribution in [0.2, 0.25) is 5.15 Å². The molecule has 0 fully saturated rings. The number of rotatable bonds is 5. The molecule has 0 aliphatic heterocycles. The normalized spacial score (nSPS) is 10.2. The van der Waals surface area contributed by atoms with Gasteiger partial charge in [0.25, 0.3) is 5.88 Å². The van der Waals surface area contributed by atoms with E-state index in [1.807, 2.05) is 24.3 Å². The molecule has 106 valence electrons. The van der Waals surface area contributed by atoms with Crippen LogP contribution in [0.25, 0.3) is 0 Å². The molecular weight excluding hydrogens is 282 g/mol. The van der Waals surface area contributed by atoms with E-state index in [-0.39, 0.29) is 22.7 Å². The Hall–Kier alpha value is -2.21. The molecule has 0 radical (unpaired) electrons. The fourth-order valence-electron chi connectivity index (χ4n) is 1.56. The summed E-state index contributed by atoms with van der Waals surface area (Å²) in [4.78, 5) is 7.76. The number of hydrogen-bond donors (Lipinski definition) is 1. The van der Waals surface area contributed by atoms with Gasteiger partial charge < -0.3 is 19.9 Å². The van der Waals surface area contributed by atoms with Gasteiger partial charge in [0.1, 0.15) is 12.4 Å². The first-order chi connectivity index (χ1) is 9.63. The Morgan fingerprint density at radius 2 is 1.80 bits per heavy atom.